The van der Waals surface area contributed by atoms with E-state index in [0.29, 0.717) is 22.2 Å². The number of nitrogens with zero attached hydrogens (tertiary/aromatic N) is 3. The van der Waals surface area contributed by atoms with E-state index in [9.17, 15) is 0 Å². The van der Waals surface area contributed by atoms with Crippen molar-refractivity contribution < 1.29 is 0 Å². The normalized spacial score (nSPS) is 16.2. The second kappa shape index (κ2) is 6.07. The summed E-state index contributed by atoms with van der Waals surface area (Å²) >= 11 is 12.6. The molecule has 0 aromatic carbocycles. The van der Waals surface area contributed by atoms with Crippen molar-refractivity contribution in [2.75, 3.05) is 18.0 Å². The van der Waals surface area contributed by atoms with E-state index in [0.717, 1.165) is 31.5 Å². The van der Waals surface area contributed by atoms with Crippen molar-refractivity contribution in [1.29, 1.82) is 0 Å². The Morgan fingerprint density at radius 3 is 2.00 bits per heavy atom. The van der Waals surface area contributed by atoms with Crippen LogP contribution in [0.1, 0.15) is 51.0 Å². The minimum Gasteiger partial charge on any atom is -0.341 e. The van der Waals surface area contributed by atoms with Crippen molar-refractivity contribution in [2.45, 2.75) is 45.4 Å². The van der Waals surface area contributed by atoms with Crippen molar-refractivity contribution in [2.24, 2.45) is 0 Å². The Hall–Kier alpha value is -0.540. The summed E-state index contributed by atoms with van der Waals surface area (Å²) in [6.45, 7) is 5.84. The number of halogens is 2. The molecular formula is C13H19Cl2N3. The van der Waals surface area contributed by atoms with Gasteiger partial charge in [0.1, 0.15) is 10.3 Å². The van der Waals surface area contributed by atoms with Gasteiger partial charge < -0.3 is 4.90 Å². The molecule has 18 heavy (non-hydrogen) atoms. The predicted octanol–water partition coefficient (Wildman–Crippen LogP) is 4.29. The molecule has 1 aromatic heterocycles. The molecule has 1 fully saturated rings. The van der Waals surface area contributed by atoms with Crippen LogP contribution in [0.25, 0.3) is 0 Å². The zero-order valence-electron chi connectivity index (χ0n) is 10.9. The Bertz CT molecular complexity index is 390. The molecule has 0 radical (unpaired) electrons. The van der Waals surface area contributed by atoms with Gasteiger partial charge in [0, 0.05) is 18.7 Å². The topological polar surface area (TPSA) is 29.0 Å². The minimum atomic E-state index is 0.441. The average molecular weight is 288 g/mol. The fraction of sp³-hybridized carbons (Fsp3) is 0.692. The van der Waals surface area contributed by atoms with Crippen LogP contribution in [0.15, 0.2) is 0 Å². The van der Waals surface area contributed by atoms with Gasteiger partial charge in [-0.05, 0) is 32.6 Å². The molecule has 0 saturated heterocycles. The Morgan fingerprint density at radius 2 is 1.56 bits per heavy atom. The summed E-state index contributed by atoms with van der Waals surface area (Å²) in [5.41, 5.74) is 0.951. The van der Waals surface area contributed by atoms with E-state index in [1.54, 1.807) is 0 Å². The van der Waals surface area contributed by atoms with Crippen molar-refractivity contribution in [3.8, 4) is 0 Å². The summed E-state index contributed by atoms with van der Waals surface area (Å²) in [5, 5.41) is 1.06. The maximum absolute atomic E-state index is 6.31. The zero-order valence-corrected chi connectivity index (χ0v) is 12.4. The molecule has 0 bridgehead atoms. The van der Waals surface area contributed by atoms with Crippen LogP contribution in [0, 0.1) is 0 Å². The van der Waals surface area contributed by atoms with Gasteiger partial charge >= 0.3 is 0 Å². The zero-order chi connectivity index (χ0) is 13.1. The van der Waals surface area contributed by atoms with Crippen LogP contribution in [-0.4, -0.2) is 23.1 Å². The highest BCUT2D eigenvalue weighted by atomic mass is 35.5. The molecule has 0 spiro atoms. The summed E-state index contributed by atoms with van der Waals surface area (Å²) in [6.07, 6.45) is 4.78. The highest BCUT2D eigenvalue weighted by Crippen LogP contribution is 2.40. The largest absolute Gasteiger partial charge is 0.341 e. The monoisotopic (exact) mass is 287 g/mol. The fourth-order valence-electron chi connectivity index (χ4n) is 2.61. The Balaban J connectivity index is 2.34. The van der Waals surface area contributed by atoms with E-state index in [2.05, 4.69) is 28.7 Å². The molecule has 0 N–H and O–H groups in total. The number of anilines is 1. The average Bonchev–Trinajstić information content (AvgIpc) is 2.83. The summed E-state index contributed by atoms with van der Waals surface area (Å²) < 4.78 is 0. The third kappa shape index (κ3) is 2.72. The lowest BCUT2D eigenvalue weighted by atomic mass is 10.0. The van der Waals surface area contributed by atoms with Gasteiger partial charge in [-0.2, -0.15) is 0 Å². The van der Waals surface area contributed by atoms with Crippen molar-refractivity contribution in [1.82, 2.24) is 9.97 Å². The second-order valence-corrected chi connectivity index (χ2v) is 5.39. The quantitative estimate of drug-likeness (QED) is 0.774. The predicted molar refractivity (Wildman–Crippen MR) is 76.8 cm³/mol. The molecule has 3 nitrogen and oxygen atoms in total. The van der Waals surface area contributed by atoms with Crippen LogP contribution in [0.3, 0.4) is 0 Å². The third-order valence-electron chi connectivity index (χ3n) is 3.65. The first-order valence-electron chi connectivity index (χ1n) is 6.65. The first-order chi connectivity index (χ1) is 8.67. The number of aromatic nitrogens is 2. The maximum Gasteiger partial charge on any atom is 0.228 e. The van der Waals surface area contributed by atoms with Crippen LogP contribution < -0.4 is 4.90 Å². The van der Waals surface area contributed by atoms with E-state index in [4.69, 9.17) is 23.2 Å². The standard InChI is InChI=1S/C13H19Cl2N3/c1-3-18(4-2)13-16-11(14)10(12(15)17-13)9-7-5-6-8-9/h9H,3-8H2,1-2H3. The summed E-state index contributed by atoms with van der Waals surface area (Å²) in [7, 11) is 0. The molecule has 0 unspecified atom stereocenters. The van der Waals surface area contributed by atoms with Gasteiger partial charge in [-0.1, -0.05) is 36.0 Å². The first kappa shape index (κ1) is 13.9. The van der Waals surface area contributed by atoms with Crippen LogP contribution in [0.2, 0.25) is 10.3 Å². The molecule has 0 atom stereocenters. The SMILES string of the molecule is CCN(CC)c1nc(Cl)c(C2CCCC2)c(Cl)n1. The molecule has 5 heteroatoms. The van der Waals surface area contributed by atoms with E-state index in [-0.39, 0.29) is 0 Å². The van der Waals surface area contributed by atoms with E-state index in [1.165, 1.54) is 12.8 Å². The lowest BCUT2D eigenvalue weighted by Crippen LogP contribution is -2.24. The molecule has 0 aliphatic heterocycles. The molecular weight excluding hydrogens is 269 g/mol. The highest BCUT2D eigenvalue weighted by molar-refractivity contribution is 6.34. The summed E-state index contributed by atoms with van der Waals surface area (Å²) in [5.74, 6) is 1.08. The Morgan fingerprint density at radius 1 is 1.06 bits per heavy atom. The van der Waals surface area contributed by atoms with Gasteiger partial charge in [0.2, 0.25) is 5.95 Å². The van der Waals surface area contributed by atoms with Gasteiger partial charge in [0.15, 0.2) is 0 Å². The van der Waals surface area contributed by atoms with Crippen LogP contribution in [-0.2, 0) is 0 Å². The van der Waals surface area contributed by atoms with E-state index >= 15 is 0 Å². The van der Waals surface area contributed by atoms with Crippen molar-refractivity contribution >= 4 is 29.2 Å². The lowest BCUT2D eigenvalue weighted by molar-refractivity contribution is 0.710. The molecule has 1 saturated carbocycles. The molecule has 2 rings (SSSR count). The smallest absolute Gasteiger partial charge is 0.228 e. The van der Waals surface area contributed by atoms with Gasteiger partial charge in [-0.25, -0.2) is 9.97 Å². The molecule has 0 amide bonds. The molecule has 1 aliphatic rings. The number of hydrogen-bond donors (Lipinski definition) is 0. The molecule has 1 aromatic rings. The third-order valence-corrected chi connectivity index (χ3v) is 4.23. The molecule has 1 heterocycles. The van der Waals surface area contributed by atoms with Crippen LogP contribution in [0.4, 0.5) is 5.95 Å². The van der Waals surface area contributed by atoms with Gasteiger partial charge in [-0.3, -0.25) is 0 Å². The number of rotatable bonds is 4. The van der Waals surface area contributed by atoms with Gasteiger partial charge in [0.05, 0.1) is 0 Å². The first-order valence-corrected chi connectivity index (χ1v) is 7.40. The molecule has 1 aliphatic carbocycles. The second-order valence-electron chi connectivity index (χ2n) is 4.67. The Kier molecular flexibility index (Phi) is 4.68. The number of hydrogen-bond acceptors (Lipinski definition) is 3. The van der Waals surface area contributed by atoms with Gasteiger partial charge in [0.25, 0.3) is 0 Å². The highest BCUT2D eigenvalue weighted by Gasteiger charge is 2.25. The van der Waals surface area contributed by atoms with Crippen LogP contribution >= 0.6 is 23.2 Å². The lowest BCUT2D eigenvalue weighted by Gasteiger charge is -2.21. The Labute approximate surface area is 119 Å². The molecule has 100 valence electrons. The van der Waals surface area contributed by atoms with Gasteiger partial charge in [-0.15, -0.1) is 0 Å². The summed E-state index contributed by atoms with van der Waals surface area (Å²) in [6, 6.07) is 0. The maximum atomic E-state index is 6.31. The van der Waals surface area contributed by atoms with E-state index < -0.39 is 0 Å². The van der Waals surface area contributed by atoms with Crippen LogP contribution in [0.5, 0.6) is 0 Å². The van der Waals surface area contributed by atoms with E-state index in [1.807, 2.05) is 0 Å². The fourth-order valence-corrected chi connectivity index (χ4v) is 3.29. The van der Waals surface area contributed by atoms with Crippen molar-refractivity contribution in [3.05, 3.63) is 15.9 Å². The van der Waals surface area contributed by atoms with Crippen molar-refractivity contribution in [3.63, 3.8) is 0 Å². The minimum absolute atomic E-state index is 0.441. The summed E-state index contributed by atoms with van der Waals surface area (Å²) in [4.78, 5) is 10.9.